The Labute approximate surface area is 86.3 Å². The zero-order chi connectivity index (χ0) is 9.52. The molecule has 0 spiro atoms. The van der Waals surface area contributed by atoms with Gasteiger partial charge < -0.3 is 10.1 Å². The van der Waals surface area contributed by atoms with Crippen molar-refractivity contribution in [3.8, 4) is 0 Å². The number of hydrogen-bond acceptors (Lipinski definition) is 6. The third kappa shape index (κ3) is 4.04. The van der Waals surface area contributed by atoms with Crippen molar-refractivity contribution in [2.24, 2.45) is 0 Å². The van der Waals surface area contributed by atoms with Crippen molar-refractivity contribution in [1.82, 2.24) is 14.7 Å². The van der Waals surface area contributed by atoms with Crippen molar-refractivity contribution in [2.45, 2.75) is 10.4 Å². The van der Waals surface area contributed by atoms with E-state index in [1.807, 2.05) is 7.05 Å². The number of nitrogens with zero attached hydrogens (tertiary/aromatic N) is 2. The molecule has 1 rings (SSSR count). The van der Waals surface area contributed by atoms with Gasteiger partial charge in [-0.2, -0.15) is 4.37 Å². The minimum absolute atomic E-state index is 0.374. The predicted octanol–water partition coefficient (Wildman–Crippen LogP) is 0.865. The number of rotatable bonds is 6. The molecule has 0 amide bonds. The molecule has 0 saturated heterocycles. The molecule has 6 heteroatoms. The fourth-order valence-corrected chi connectivity index (χ4v) is 2.37. The lowest BCUT2D eigenvalue weighted by Gasteiger charge is -2.12. The predicted molar refractivity (Wildman–Crippen MR) is 55.4 cm³/mol. The van der Waals surface area contributed by atoms with Crippen molar-refractivity contribution in [2.75, 3.05) is 26.5 Å². The molecule has 1 atom stereocenters. The first-order valence-corrected chi connectivity index (χ1v) is 5.68. The summed E-state index contributed by atoms with van der Waals surface area (Å²) in [6, 6.07) is 0.374. The summed E-state index contributed by atoms with van der Waals surface area (Å²) in [5.74, 6) is 0.958. The molecule has 1 aromatic rings. The zero-order valence-electron chi connectivity index (χ0n) is 7.69. The van der Waals surface area contributed by atoms with Crippen LogP contribution >= 0.6 is 23.3 Å². The van der Waals surface area contributed by atoms with Gasteiger partial charge in [0.2, 0.25) is 0 Å². The van der Waals surface area contributed by atoms with Gasteiger partial charge in [-0.25, -0.2) is 4.98 Å². The average Bonchev–Trinajstić information content (AvgIpc) is 2.64. The number of ether oxygens (including phenoxy) is 1. The number of thioether (sulfide) groups is 1. The minimum Gasteiger partial charge on any atom is -0.383 e. The molecule has 0 aliphatic rings. The van der Waals surface area contributed by atoms with E-state index >= 15 is 0 Å². The lowest BCUT2D eigenvalue weighted by molar-refractivity contribution is 0.177. The summed E-state index contributed by atoms with van der Waals surface area (Å²) >= 11 is 3.13. The lowest BCUT2D eigenvalue weighted by atomic mass is 10.4. The first kappa shape index (κ1) is 10.9. The number of hydrogen-bond donors (Lipinski definition) is 1. The maximum atomic E-state index is 5.06. The molecule has 1 unspecified atom stereocenters. The molecule has 0 bridgehead atoms. The minimum atomic E-state index is 0.374. The van der Waals surface area contributed by atoms with Crippen LogP contribution in [0.2, 0.25) is 0 Å². The number of likely N-dealkylation sites (N-methyl/N-ethyl adjacent to an activating group) is 1. The normalized spacial score (nSPS) is 13.1. The fraction of sp³-hybridized carbons (Fsp3) is 0.714. The van der Waals surface area contributed by atoms with Gasteiger partial charge in [0.15, 0.2) is 4.34 Å². The van der Waals surface area contributed by atoms with Gasteiger partial charge >= 0.3 is 0 Å². The third-order valence-electron chi connectivity index (χ3n) is 1.53. The van der Waals surface area contributed by atoms with E-state index in [4.69, 9.17) is 4.74 Å². The van der Waals surface area contributed by atoms with E-state index in [2.05, 4.69) is 14.7 Å². The van der Waals surface area contributed by atoms with Gasteiger partial charge in [-0.15, -0.1) is 0 Å². The summed E-state index contributed by atoms with van der Waals surface area (Å²) in [7, 11) is 3.64. The van der Waals surface area contributed by atoms with Crippen LogP contribution in [-0.4, -0.2) is 41.9 Å². The van der Waals surface area contributed by atoms with E-state index in [1.165, 1.54) is 11.5 Å². The zero-order valence-corrected chi connectivity index (χ0v) is 9.32. The second kappa shape index (κ2) is 6.31. The molecule has 74 valence electrons. The lowest BCUT2D eigenvalue weighted by Crippen LogP contribution is -2.32. The first-order valence-electron chi connectivity index (χ1n) is 3.92. The summed E-state index contributed by atoms with van der Waals surface area (Å²) in [6.45, 7) is 0.725. The van der Waals surface area contributed by atoms with Crippen LogP contribution in [0.15, 0.2) is 10.7 Å². The quantitative estimate of drug-likeness (QED) is 0.719. The number of aromatic nitrogens is 2. The SMILES string of the molecule is CNC(COC)CSc1ncns1. The average molecular weight is 219 g/mol. The summed E-state index contributed by atoms with van der Waals surface area (Å²) < 4.78 is 10.00. The van der Waals surface area contributed by atoms with Crippen molar-refractivity contribution in [3.05, 3.63) is 6.33 Å². The van der Waals surface area contributed by atoms with E-state index < -0.39 is 0 Å². The van der Waals surface area contributed by atoms with Gasteiger partial charge in [0.1, 0.15) is 6.33 Å². The van der Waals surface area contributed by atoms with Gasteiger partial charge in [0, 0.05) is 18.9 Å². The molecule has 0 aliphatic heterocycles. The number of methoxy groups -OCH3 is 1. The highest BCUT2D eigenvalue weighted by atomic mass is 32.2. The molecule has 13 heavy (non-hydrogen) atoms. The fourth-order valence-electron chi connectivity index (χ4n) is 0.814. The van der Waals surface area contributed by atoms with Crippen LogP contribution < -0.4 is 5.32 Å². The highest BCUT2D eigenvalue weighted by molar-refractivity contribution is 8.00. The largest absolute Gasteiger partial charge is 0.383 e. The molecule has 0 radical (unpaired) electrons. The molecular formula is C7H13N3OS2. The van der Waals surface area contributed by atoms with Crippen LogP contribution in [0, 0.1) is 0 Å². The molecular weight excluding hydrogens is 206 g/mol. The molecule has 0 aliphatic carbocycles. The molecule has 4 nitrogen and oxygen atoms in total. The van der Waals surface area contributed by atoms with Crippen LogP contribution in [-0.2, 0) is 4.74 Å². The van der Waals surface area contributed by atoms with Crippen LogP contribution in [0.5, 0.6) is 0 Å². The van der Waals surface area contributed by atoms with E-state index in [0.717, 1.165) is 16.7 Å². The van der Waals surface area contributed by atoms with E-state index in [9.17, 15) is 0 Å². The van der Waals surface area contributed by atoms with Crippen LogP contribution in [0.1, 0.15) is 0 Å². The van der Waals surface area contributed by atoms with Crippen molar-refractivity contribution in [3.63, 3.8) is 0 Å². The summed E-state index contributed by atoms with van der Waals surface area (Å²) in [4.78, 5) is 4.08. The molecule has 0 saturated carbocycles. The molecule has 0 aromatic carbocycles. The Bertz CT molecular complexity index is 218. The van der Waals surface area contributed by atoms with E-state index in [0.29, 0.717) is 6.04 Å². The van der Waals surface area contributed by atoms with E-state index in [-0.39, 0.29) is 0 Å². The summed E-state index contributed by atoms with van der Waals surface area (Å²) in [5.41, 5.74) is 0. The Morgan fingerprint density at radius 1 is 1.77 bits per heavy atom. The summed E-state index contributed by atoms with van der Waals surface area (Å²) in [6.07, 6.45) is 1.58. The Morgan fingerprint density at radius 2 is 2.62 bits per heavy atom. The first-order chi connectivity index (χ1) is 6.36. The Hall–Kier alpha value is -0.170. The topological polar surface area (TPSA) is 47.0 Å². The van der Waals surface area contributed by atoms with Crippen molar-refractivity contribution < 1.29 is 4.74 Å². The van der Waals surface area contributed by atoms with Crippen LogP contribution in [0.25, 0.3) is 0 Å². The molecule has 1 N–H and O–H groups in total. The van der Waals surface area contributed by atoms with Gasteiger partial charge in [0.05, 0.1) is 6.61 Å². The van der Waals surface area contributed by atoms with Gasteiger partial charge in [-0.3, -0.25) is 0 Å². The van der Waals surface area contributed by atoms with Crippen molar-refractivity contribution >= 4 is 23.3 Å². The second-order valence-electron chi connectivity index (χ2n) is 2.46. The van der Waals surface area contributed by atoms with Gasteiger partial charge in [-0.1, -0.05) is 11.8 Å². The molecule has 1 heterocycles. The molecule has 0 fully saturated rings. The highest BCUT2D eigenvalue weighted by Crippen LogP contribution is 2.18. The Kier molecular flexibility index (Phi) is 5.29. The van der Waals surface area contributed by atoms with E-state index in [1.54, 1.807) is 25.2 Å². The maximum Gasteiger partial charge on any atom is 0.169 e. The standard InChI is InChI=1S/C7H13N3OS2/c1-8-6(3-11-2)4-12-7-9-5-10-13-7/h5-6,8H,3-4H2,1-2H3. The van der Waals surface area contributed by atoms with Gasteiger partial charge in [-0.05, 0) is 18.6 Å². The van der Waals surface area contributed by atoms with Crippen molar-refractivity contribution in [1.29, 1.82) is 0 Å². The summed E-state index contributed by atoms with van der Waals surface area (Å²) in [5, 5.41) is 3.18. The van der Waals surface area contributed by atoms with Crippen LogP contribution in [0.4, 0.5) is 0 Å². The Balaban J connectivity index is 2.23. The Morgan fingerprint density at radius 3 is 3.15 bits per heavy atom. The number of nitrogens with one attached hydrogen (secondary N) is 1. The third-order valence-corrected chi connectivity index (χ3v) is 3.49. The molecule has 1 aromatic heterocycles. The second-order valence-corrected chi connectivity index (χ2v) is 4.51. The maximum absolute atomic E-state index is 5.06. The highest BCUT2D eigenvalue weighted by Gasteiger charge is 2.07. The monoisotopic (exact) mass is 219 g/mol. The van der Waals surface area contributed by atoms with Gasteiger partial charge in [0.25, 0.3) is 0 Å². The van der Waals surface area contributed by atoms with Crippen LogP contribution in [0.3, 0.4) is 0 Å². The smallest absolute Gasteiger partial charge is 0.169 e.